The Morgan fingerprint density at radius 3 is 2.41 bits per heavy atom. The molecular weight excluding hydrogens is 485 g/mol. The summed E-state index contributed by atoms with van der Waals surface area (Å²) in [6, 6.07) is 5.96. The highest BCUT2D eigenvalue weighted by molar-refractivity contribution is 5.88. The molecule has 0 aliphatic carbocycles. The number of nitrogens with zero attached hydrogens (tertiary/aromatic N) is 5. The molecule has 1 N–H and O–H groups in total. The minimum absolute atomic E-state index is 0.0568. The summed E-state index contributed by atoms with van der Waals surface area (Å²) < 4.78 is 42.4. The number of amides is 2. The van der Waals surface area contributed by atoms with Gasteiger partial charge in [-0.3, -0.25) is 9.69 Å². The van der Waals surface area contributed by atoms with E-state index in [4.69, 9.17) is 0 Å². The lowest BCUT2D eigenvalue weighted by molar-refractivity contribution is -0.137. The molecule has 3 fully saturated rings. The molecule has 1 aromatic heterocycles. The molecule has 3 saturated heterocycles. The van der Waals surface area contributed by atoms with Crippen LogP contribution < -0.4 is 10.2 Å². The number of anilines is 2. The average molecular weight is 519 g/mol. The molecule has 37 heavy (non-hydrogen) atoms. The van der Waals surface area contributed by atoms with Crippen LogP contribution in [0.4, 0.5) is 29.5 Å². The first-order chi connectivity index (χ1) is 17.6. The van der Waals surface area contributed by atoms with Crippen LogP contribution >= 0.6 is 0 Å². The lowest BCUT2D eigenvalue weighted by atomic mass is 9.84. The van der Waals surface area contributed by atoms with Crippen molar-refractivity contribution < 1.29 is 22.8 Å². The van der Waals surface area contributed by atoms with Gasteiger partial charge in [0.05, 0.1) is 5.56 Å². The summed E-state index contributed by atoms with van der Waals surface area (Å²) in [4.78, 5) is 30.2. The topological polar surface area (TPSA) is 73.7 Å². The highest BCUT2D eigenvalue weighted by Crippen LogP contribution is 2.42. The first-order valence-corrected chi connectivity index (χ1v) is 13.0. The summed E-state index contributed by atoms with van der Waals surface area (Å²) in [5, 5.41) is 6.72. The zero-order chi connectivity index (χ0) is 26.2. The summed E-state index contributed by atoms with van der Waals surface area (Å²) in [7, 11) is 0. The molecule has 1 spiro atoms. The maximum Gasteiger partial charge on any atom is 0.418 e. The third-order valence-corrected chi connectivity index (χ3v) is 7.98. The second-order valence-corrected chi connectivity index (χ2v) is 10.4. The van der Waals surface area contributed by atoms with Crippen molar-refractivity contribution in [1.29, 1.82) is 0 Å². The van der Waals surface area contributed by atoms with Crippen molar-refractivity contribution in [2.45, 2.75) is 63.7 Å². The molecule has 200 valence electrons. The van der Waals surface area contributed by atoms with Gasteiger partial charge in [-0.05, 0) is 62.8 Å². The van der Waals surface area contributed by atoms with Crippen molar-refractivity contribution in [3.05, 3.63) is 41.6 Å². The first kappa shape index (κ1) is 25.6. The summed E-state index contributed by atoms with van der Waals surface area (Å²) in [5.41, 5.74) is 0.589. The van der Waals surface area contributed by atoms with Crippen LogP contribution in [0.2, 0.25) is 0 Å². The highest BCUT2D eigenvalue weighted by Gasteiger charge is 2.44. The lowest BCUT2D eigenvalue weighted by Gasteiger charge is -2.45. The number of piperidine rings is 1. The van der Waals surface area contributed by atoms with E-state index in [0.717, 1.165) is 50.6 Å². The molecule has 0 bridgehead atoms. The van der Waals surface area contributed by atoms with Crippen LogP contribution in [-0.2, 0) is 17.5 Å². The highest BCUT2D eigenvalue weighted by atomic mass is 19.4. The van der Waals surface area contributed by atoms with E-state index in [0.29, 0.717) is 44.2 Å². The Hall–Kier alpha value is -3.08. The second-order valence-electron chi connectivity index (χ2n) is 10.4. The van der Waals surface area contributed by atoms with Gasteiger partial charge in [-0.1, -0.05) is 6.07 Å². The molecule has 8 nitrogen and oxygen atoms in total. The normalized spacial score (nSPS) is 20.1. The van der Waals surface area contributed by atoms with Crippen molar-refractivity contribution in [2.75, 3.05) is 42.9 Å². The standard InChI is InChI=1S/C26H33F3N6O2/c1-19(36)30-23-7-14-35(31-23)24(37)33-15-9-25(10-16-33)8-4-13-34(25)18-20-5-6-21(26(27,28)29)22(17-20)32-11-2-3-12-32/h5-7,14,17H,2-4,8-13,15-16,18H2,1H3,(H,30,31,36). The molecule has 5 rings (SSSR count). The van der Waals surface area contributed by atoms with E-state index in [2.05, 4.69) is 15.3 Å². The fraction of sp³-hybridized carbons (Fsp3) is 0.577. The fourth-order valence-electron chi connectivity index (χ4n) is 6.10. The fourth-order valence-corrected chi connectivity index (χ4v) is 6.10. The van der Waals surface area contributed by atoms with Gasteiger partial charge < -0.3 is 15.1 Å². The smallest absolute Gasteiger partial charge is 0.371 e. The zero-order valence-electron chi connectivity index (χ0n) is 21.1. The van der Waals surface area contributed by atoms with Gasteiger partial charge >= 0.3 is 12.2 Å². The Morgan fingerprint density at radius 1 is 1.00 bits per heavy atom. The quantitative estimate of drug-likeness (QED) is 0.643. The molecule has 4 heterocycles. The van der Waals surface area contributed by atoms with E-state index in [1.807, 2.05) is 4.90 Å². The van der Waals surface area contributed by atoms with Crippen LogP contribution in [0.5, 0.6) is 0 Å². The van der Waals surface area contributed by atoms with Gasteiger partial charge in [0, 0.05) is 63.1 Å². The minimum atomic E-state index is -4.37. The SMILES string of the molecule is CC(=O)Nc1ccn(C(=O)N2CCC3(CCCN3Cc3ccc(C(F)(F)F)c(N4CCCC4)c3)CC2)n1. The van der Waals surface area contributed by atoms with Gasteiger partial charge in [-0.15, -0.1) is 5.10 Å². The largest absolute Gasteiger partial charge is 0.418 e. The van der Waals surface area contributed by atoms with Gasteiger partial charge in [0.1, 0.15) is 0 Å². The van der Waals surface area contributed by atoms with E-state index in [1.165, 1.54) is 17.7 Å². The van der Waals surface area contributed by atoms with E-state index in [9.17, 15) is 22.8 Å². The van der Waals surface area contributed by atoms with Gasteiger partial charge in [0.25, 0.3) is 0 Å². The summed E-state index contributed by atoms with van der Waals surface area (Å²) >= 11 is 0. The van der Waals surface area contributed by atoms with E-state index < -0.39 is 11.7 Å². The predicted molar refractivity (Wildman–Crippen MR) is 133 cm³/mol. The molecule has 0 radical (unpaired) electrons. The molecular formula is C26H33F3N6O2. The summed E-state index contributed by atoms with van der Waals surface area (Å²) in [6.45, 7) is 5.36. The van der Waals surface area contributed by atoms with Gasteiger partial charge in [-0.25, -0.2) is 4.79 Å². The number of hydrogen-bond donors (Lipinski definition) is 1. The average Bonchev–Trinajstić information content (AvgIpc) is 3.61. The van der Waals surface area contributed by atoms with Gasteiger partial charge in [0.15, 0.2) is 5.82 Å². The van der Waals surface area contributed by atoms with Gasteiger partial charge in [-0.2, -0.15) is 17.9 Å². The Morgan fingerprint density at radius 2 is 1.73 bits per heavy atom. The molecule has 0 saturated carbocycles. The Bertz CT molecular complexity index is 1150. The maximum atomic E-state index is 13.7. The lowest BCUT2D eigenvalue weighted by Crippen LogP contribution is -2.53. The number of rotatable bonds is 4. The number of nitrogens with one attached hydrogen (secondary N) is 1. The molecule has 3 aliphatic rings. The molecule has 11 heteroatoms. The van der Waals surface area contributed by atoms with Gasteiger partial charge in [0.2, 0.25) is 5.91 Å². The number of likely N-dealkylation sites (tertiary alicyclic amines) is 2. The minimum Gasteiger partial charge on any atom is -0.371 e. The molecule has 3 aliphatic heterocycles. The third kappa shape index (κ3) is 5.32. The van der Waals surface area contributed by atoms with E-state index in [-0.39, 0.29) is 17.5 Å². The van der Waals surface area contributed by atoms with Crippen molar-refractivity contribution in [3.8, 4) is 0 Å². The van der Waals surface area contributed by atoms with Crippen molar-refractivity contribution in [1.82, 2.24) is 19.6 Å². The van der Waals surface area contributed by atoms with Crippen LogP contribution in [0, 0.1) is 0 Å². The number of aromatic nitrogens is 2. The van der Waals surface area contributed by atoms with Crippen LogP contribution in [0.1, 0.15) is 56.6 Å². The van der Waals surface area contributed by atoms with Crippen molar-refractivity contribution in [2.24, 2.45) is 0 Å². The Kier molecular flexibility index (Phi) is 6.91. The predicted octanol–water partition coefficient (Wildman–Crippen LogP) is 4.56. The number of carbonyl (C=O) groups is 2. The van der Waals surface area contributed by atoms with E-state index >= 15 is 0 Å². The van der Waals surface area contributed by atoms with Crippen LogP contribution in [0.25, 0.3) is 0 Å². The summed E-state index contributed by atoms with van der Waals surface area (Å²) in [6.07, 6.45) is 2.66. The number of hydrogen-bond acceptors (Lipinski definition) is 5. The third-order valence-electron chi connectivity index (χ3n) is 7.98. The number of alkyl halides is 3. The Balaban J connectivity index is 1.27. The maximum absolute atomic E-state index is 13.7. The second kappa shape index (κ2) is 10.00. The zero-order valence-corrected chi connectivity index (χ0v) is 21.1. The van der Waals surface area contributed by atoms with Crippen LogP contribution in [-0.4, -0.2) is 69.8 Å². The van der Waals surface area contributed by atoms with Crippen molar-refractivity contribution in [3.63, 3.8) is 0 Å². The van der Waals surface area contributed by atoms with Crippen molar-refractivity contribution >= 4 is 23.4 Å². The number of benzene rings is 1. The van der Waals surface area contributed by atoms with E-state index in [1.54, 1.807) is 29.3 Å². The first-order valence-electron chi connectivity index (χ1n) is 13.0. The molecule has 1 aromatic carbocycles. The molecule has 0 atom stereocenters. The molecule has 2 aromatic rings. The number of carbonyl (C=O) groups excluding carboxylic acids is 2. The molecule has 2 amide bonds. The van der Waals surface area contributed by atoms with Crippen LogP contribution in [0.15, 0.2) is 30.5 Å². The van der Waals surface area contributed by atoms with Crippen LogP contribution in [0.3, 0.4) is 0 Å². The Labute approximate surface area is 214 Å². The summed E-state index contributed by atoms with van der Waals surface area (Å²) in [5.74, 6) is 0.0840. The number of halogens is 3. The molecule has 0 unspecified atom stereocenters. The monoisotopic (exact) mass is 518 g/mol.